The van der Waals surface area contributed by atoms with Crippen LogP contribution in [0.5, 0.6) is 11.5 Å². The fraction of sp³-hybridized carbons (Fsp3) is 0.0286. The van der Waals surface area contributed by atoms with Crippen molar-refractivity contribution < 1.29 is 18.6 Å². The second-order valence-corrected chi connectivity index (χ2v) is 15.4. The fourth-order valence-electron chi connectivity index (χ4n) is 5.67. The highest BCUT2D eigenvalue weighted by molar-refractivity contribution is 7.86. The van der Waals surface area contributed by atoms with Crippen molar-refractivity contribution in [2.24, 2.45) is 0 Å². The summed E-state index contributed by atoms with van der Waals surface area (Å²) in [6.45, 7) is -0.0801. The molecule has 0 aromatic heterocycles. The summed E-state index contributed by atoms with van der Waals surface area (Å²) in [5.41, 5.74) is 0. The van der Waals surface area contributed by atoms with E-state index in [0.717, 1.165) is 5.39 Å². The number of rotatable bonds is 6. The van der Waals surface area contributed by atoms with E-state index in [9.17, 15) is 0 Å². The van der Waals surface area contributed by atoms with E-state index < -0.39 is 14.3 Å². The molecule has 1 aliphatic heterocycles. The van der Waals surface area contributed by atoms with Crippen molar-refractivity contribution in [3.63, 3.8) is 0 Å². The Morgan fingerprint density at radius 2 is 0.732 bits per heavy atom. The van der Waals surface area contributed by atoms with Crippen molar-refractivity contribution in [1.82, 2.24) is 0 Å². The average molecular weight is 573 g/mol. The molecule has 0 bridgehead atoms. The summed E-state index contributed by atoms with van der Waals surface area (Å²) in [7, 11) is -6.68. The van der Waals surface area contributed by atoms with Gasteiger partial charge >= 0.3 is 0 Å². The van der Waals surface area contributed by atoms with E-state index in [4.69, 9.17) is 9.47 Å². The van der Waals surface area contributed by atoms with Crippen molar-refractivity contribution >= 4 is 56.9 Å². The largest absolute Gasteiger partial charge is 0.456 e. The molecule has 6 aromatic rings. The summed E-state index contributed by atoms with van der Waals surface area (Å²) >= 11 is 0. The van der Waals surface area contributed by atoms with Gasteiger partial charge in [-0.3, -0.25) is 0 Å². The molecule has 0 N–H and O–H groups in total. The Bertz CT molecular complexity index is 1730. The highest BCUT2D eigenvalue weighted by atomic mass is 31.2. The molecular formula is C35H26O4P2. The Morgan fingerprint density at radius 3 is 1.05 bits per heavy atom. The smallest absolute Gasteiger partial charge is 0.231 e. The monoisotopic (exact) mass is 572 g/mol. The van der Waals surface area contributed by atoms with E-state index in [2.05, 4.69) is 0 Å². The van der Waals surface area contributed by atoms with E-state index >= 15 is 9.13 Å². The molecule has 200 valence electrons. The van der Waals surface area contributed by atoms with Gasteiger partial charge in [-0.25, -0.2) is 0 Å². The first-order valence-electron chi connectivity index (χ1n) is 13.4. The molecule has 0 atom stereocenters. The van der Waals surface area contributed by atoms with Gasteiger partial charge in [0.15, 0.2) is 14.3 Å². The number of benzene rings is 6. The van der Waals surface area contributed by atoms with Gasteiger partial charge in [0.05, 0.1) is 16.0 Å². The van der Waals surface area contributed by atoms with Crippen LogP contribution in [-0.4, -0.2) is 6.79 Å². The second-order valence-electron chi connectivity index (χ2n) is 9.89. The number of ether oxygens (including phenoxy) is 2. The predicted molar refractivity (Wildman–Crippen MR) is 169 cm³/mol. The molecule has 0 saturated heterocycles. The molecule has 0 amide bonds. The van der Waals surface area contributed by atoms with Gasteiger partial charge in [0.2, 0.25) is 6.79 Å². The Hall–Kier alpha value is -4.36. The van der Waals surface area contributed by atoms with Crippen LogP contribution in [0.4, 0.5) is 0 Å². The van der Waals surface area contributed by atoms with Crippen LogP contribution >= 0.6 is 14.3 Å². The normalized spacial score (nSPS) is 12.9. The molecule has 0 aliphatic carbocycles. The summed E-state index contributed by atoms with van der Waals surface area (Å²) in [6, 6.07) is 45.8. The number of hydrogen-bond acceptors (Lipinski definition) is 4. The molecule has 0 spiro atoms. The van der Waals surface area contributed by atoms with Crippen LogP contribution < -0.4 is 41.3 Å². The van der Waals surface area contributed by atoms with Crippen molar-refractivity contribution in [1.29, 1.82) is 0 Å². The quantitative estimate of drug-likeness (QED) is 0.235. The lowest BCUT2D eigenvalue weighted by molar-refractivity contribution is 0.114. The molecular weight excluding hydrogens is 546 g/mol. The average Bonchev–Trinajstić information content (AvgIpc) is 3.06. The maximum absolute atomic E-state index is 15.3. The molecule has 6 heteroatoms. The third-order valence-electron chi connectivity index (χ3n) is 7.61. The minimum absolute atomic E-state index is 0.0801. The van der Waals surface area contributed by atoms with Gasteiger partial charge in [-0.2, -0.15) is 0 Å². The van der Waals surface area contributed by atoms with Gasteiger partial charge in [0.1, 0.15) is 11.5 Å². The van der Waals surface area contributed by atoms with Gasteiger partial charge in [0.25, 0.3) is 0 Å². The van der Waals surface area contributed by atoms with E-state index in [1.165, 1.54) is 0 Å². The second kappa shape index (κ2) is 10.2. The molecule has 1 aliphatic rings. The standard InChI is InChI=1S/C35H26O4P2/c36-40(27-13-5-1-6-14-27,28-15-7-2-8-16-28)31-23-21-26-22-24-32(35-33(26)34(31)38-25-39-35)41(37,29-17-9-3-10-18-29)30-19-11-4-12-20-30/h1-24H,25H2. The SMILES string of the molecule is O=P(c1ccccc1)(c1ccccc1)c1ccc2ccc(P(=O)(c3ccccc3)c3ccccc3)c3c2c1OCO3. The fourth-order valence-corrected chi connectivity index (χ4v) is 11.2. The topological polar surface area (TPSA) is 52.6 Å². The van der Waals surface area contributed by atoms with Crippen molar-refractivity contribution in [3.05, 3.63) is 146 Å². The third-order valence-corrected chi connectivity index (χ3v) is 13.8. The van der Waals surface area contributed by atoms with Crippen molar-refractivity contribution in [2.45, 2.75) is 0 Å². The first-order chi connectivity index (χ1) is 20.1. The highest BCUT2D eigenvalue weighted by Gasteiger charge is 2.38. The van der Waals surface area contributed by atoms with Gasteiger partial charge in [-0.05, 0) is 17.5 Å². The van der Waals surface area contributed by atoms with Crippen LogP contribution in [0.3, 0.4) is 0 Å². The van der Waals surface area contributed by atoms with Crippen LogP contribution in [0.2, 0.25) is 0 Å². The summed E-state index contributed by atoms with van der Waals surface area (Å²) < 4.78 is 43.1. The molecule has 0 unspecified atom stereocenters. The molecule has 0 radical (unpaired) electrons. The molecule has 0 saturated carbocycles. The highest BCUT2D eigenvalue weighted by Crippen LogP contribution is 2.52. The summed E-state index contributed by atoms with van der Waals surface area (Å²) in [6.07, 6.45) is 0. The maximum Gasteiger partial charge on any atom is 0.231 e. The Kier molecular flexibility index (Phi) is 6.39. The van der Waals surface area contributed by atoms with Gasteiger partial charge in [-0.1, -0.05) is 133 Å². The van der Waals surface area contributed by atoms with Gasteiger partial charge < -0.3 is 18.6 Å². The van der Waals surface area contributed by atoms with E-state index in [1.54, 1.807) is 0 Å². The summed E-state index contributed by atoms with van der Waals surface area (Å²) in [5, 5.41) is 5.61. The van der Waals surface area contributed by atoms with Crippen LogP contribution in [0, 0.1) is 0 Å². The van der Waals surface area contributed by atoms with Crippen LogP contribution in [-0.2, 0) is 9.13 Å². The summed E-state index contributed by atoms with van der Waals surface area (Å²) in [5.74, 6) is 1.02. The van der Waals surface area contributed by atoms with Gasteiger partial charge in [-0.15, -0.1) is 0 Å². The molecule has 1 heterocycles. The van der Waals surface area contributed by atoms with Crippen LogP contribution in [0.1, 0.15) is 0 Å². The van der Waals surface area contributed by atoms with E-state index in [-0.39, 0.29) is 6.79 Å². The zero-order valence-electron chi connectivity index (χ0n) is 22.1. The van der Waals surface area contributed by atoms with Crippen LogP contribution in [0.25, 0.3) is 10.8 Å². The lowest BCUT2D eigenvalue weighted by Crippen LogP contribution is -2.31. The maximum atomic E-state index is 15.3. The first kappa shape index (κ1) is 25.6. The third kappa shape index (κ3) is 4.06. The van der Waals surface area contributed by atoms with Gasteiger partial charge in [0, 0.05) is 21.2 Å². The minimum Gasteiger partial charge on any atom is -0.456 e. The minimum atomic E-state index is -3.34. The van der Waals surface area contributed by atoms with E-state index in [1.807, 2.05) is 146 Å². The molecule has 6 aromatic carbocycles. The predicted octanol–water partition coefficient (Wildman–Crippen LogP) is 5.85. The van der Waals surface area contributed by atoms with E-state index in [0.29, 0.717) is 48.7 Å². The lowest BCUT2D eigenvalue weighted by Gasteiger charge is -2.29. The van der Waals surface area contributed by atoms with Crippen LogP contribution in [0.15, 0.2) is 146 Å². The Morgan fingerprint density at radius 1 is 0.415 bits per heavy atom. The Balaban J connectivity index is 1.55. The summed E-state index contributed by atoms with van der Waals surface area (Å²) in [4.78, 5) is 0. The molecule has 4 nitrogen and oxygen atoms in total. The Labute approximate surface area is 239 Å². The molecule has 41 heavy (non-hydrogen) atoms. The zero-order valence-corrected chi connectivity index (χ0v) is 23.9. The van der Waals surface area contributed by atoms with Crippen molar-refractivity contribution in [2.75, 3.05) is 6.79 Å². The lowest BCUT2D eigenvalue weighted by atomic mass is 10.1. The molecule has 7 rings (SSSR count). The molecule has 0 fully saturated rings. The first-order valence-corrected chi connectivity index (χ1v) is 16.8. The van der Waals surface area contributed by atoms with Crippen molar-refractivity contribution in [3.8, 4) is 11.5 Å². The zero-order chi connectivity index (χ0) is 27.9. The number of hydrogen-bond donors (Lipinski definition) is 0.